The Bertz CT molecular complexity index is 443. The minimum absolute atomic E-state index is 0.490. The van der Waals surface area contributed by atoms with E-state index in [1.165, 1.54) is 44.9 Å². The SMILES string of the molecule is CCCC(C)(C)C1CC[C@@]2(C)C(CC[C@@H]2CCCC#N)C1C(C)C. The molecule has 0 aliphatic heterocycles. The van der Waals surface area contributed by atoms with Crippen LogP contribution in [0.25, 0.3) is 0 Å². The smallest absolute Gasteiger partial charge is 0.0621 e. The van der Waals surface area contributed by atoms with Crippen LogP contribution in [0.1, 0.15) is 99.3 Å². The third kappa shape index (κ3) is 3.68. The van der Waals surface area contributed by atoms with Crippen molar-refractivity contribution in [2.75, 3.05) is 0 Å². The Hall–Kier alpha value is -0.510. The van der Waals surface area contributed by atoms with Crippen LogP contribution in [0.3, 0.4) is 0 Å². The molecule has 0 aromatic carbocycles. The number of nitrogens with zero attached hydrogens (tertiary/aromatic N) is 1. The summed E-state index contributed by atoms with van der Waals surface area (Å²) in [7, 11) is 0. The Morgan fingerprint density at radius 3 is 2.50 bits per heavy atom. The normalized spacial score (nSPS) is 36.6. The van der Waals surface area contributed by atoms with Crippen molar-refractivity contribution in [3.8, 4) is 6.07 Å². The van der Waals surface area contributed by atoms with Crippen LogP contribution < -0.4 is 0 Å². The quantitative estimate of drug-likeness (QED) is 0.452. The predicted octanol–water partition coefficient (Wildman–Crippen LogP) is 7.22. The van der Waals surface area contributed by atoms with E-state index in [-0.39, 0.29) is 0 Å². The van der Waals surface area contributed by atoms with Gasteiger partial charge in [-0.1, -0.05) is 48.0 Å². The zero-order chi connectivity index (χ0) is 18.0. The highest BCUT2D eigenvalue weighted by Crippen LogP contribution is 2.64. The van der Waals surface area contributed by atoms with E-state index in [4.69, 9.17) is 5.26 Å². The van der Waals surface area contributed by atoms with Crippen molar-refractivity contribution in [2.24, 2.45) is 40.4 Å². The van der Waals surface area contributed by atoms with Crippen LogP contribution in [0.2, 0.25) is 0 Å². The highest BCUT2D eigenvalue weighted by atomic mass is 14.6. The first-order valence-electron chi connectivity index (χ1n) is 10.6. The van der Waals surface area contributed by atoms with E-state index in [2.05, 4.69) is 47.6 Å². The number of hydrogen-bond acceptors (Lipinski definition) is 1. The fourth-order valence-corrected chi connectivity index (χ4v) is 6.88. The van der Waals surface area contributed by atoms with E-state index < -0.39 is 0 Å². The summed E-state index contributed by atoms with van der Waals surface area (Å²) in [5.74, 6) is 4.38. The summed E-state index contributed by atoms with van der Waals surface area (Å²) >= 11 is 0. The van der Waals surface area contributed by atoms with Crippen LogP contribution in [-0.2, 0) is 0 Å². The number of unbranched alkanes of at least 4 members (excludes halogenated alkanes) is 1. The Balaban J connectivity index is 2.20. The van der Waals surface area contributed by atoms with E-state index in [0.717, 1.165) is 42.4 Å². The van der Waals surface area contributed by atoms with Crippen LogP contribution in [0.4, 0.5) is 0 Å². The summed E-state index contributed by atoms with van der Waals surface area (Å²) in [6, 6.07) is 2.34. The van der Waals surface area contributed by atoms with Gasteiger partial charge in [0.2, 0.25) is 0 Å². The summed E-state index contributed by atoms with van der Waals surface area (Å²) in [6.07, 6.45) is 11.5. The fourth-order valence-electron chi connectivity index (χ4n) is 6.88. The Kier molecular flexibility index (Phi) is 6.44. The molecule has 24 heavy (non-hydrogen) atoms. The van der Waals surface area contributed by atoms with Crippen molar-refractivity contribution in [1.29, 1.82) is 5.26 Å². The molecule has 2 aliphatic carbocycles. The Morgan fingerprint density at radius 2 is 1.92 bits per heavy atom. The molecule has 2 aliphatic rings. The first-order chi connectivity index (χ1) is 11.3. The van der Waals surface area contributed by atoms with Crippen LogP contribution >= 0.6 is 0 Å². The molecule has 2 fully saturated rings. The molecular weight excluding hydrogens is 290 g/mol. The van der Waals surface area contributed by atoms with Crippen molar-refractivity contribution in [1.82, 2.24) is 0 Å². The summed E-state index contributed by atoms with van der Waals surface area (Å²) in [5.41, 5.74) is 1.03. The van der Waals surface area contributed by atoms with Gasteiger partial charge in [-0.15, -0.1) is 0 Å². The average Bonchev–Trinajstić information content (AvgIpc) is 2.83. The van der Waals surface area contributed by atoms with Gasteiger partial charge < -0.3 is 0 Å². The maximum Gasteiger partial charge on any atom is 0.0621 e. The fraction of sp³-hybridized carbons (Fsp3) is 0.957. The van der Waals surface area contributed by atoms with Crippen molar-refractivity contribution in [3.63, 3.8) is 0 Å². The lowest BCUT2D eigenvalue weighted by Crippen LogP contribution is -2.47. The van der Waals surface area contributed by atoms with E-state index in [0.29, 0.717) is 10.8 Å². The lowest BCUT2D eigenvalue weighted by atomic mass is 9.50. The summed E-state index contributed by atoms with van der Waals surface area (Å²) < 4.78 is 0. The second-order valence-electron chi connectivity index (χ2n) is 10.1. The van der Waals surface area contributed by atoms with Crippen LogP contribution in [0.5, 0.6) is 0 Å². The lowest BCUT2D eigenvalue weighted by molar-refractivity contribution is -0.0574. The maximum atomic E-state index is 8.88. The molecule has 3 unspecified atom stereocenters. The number of hydrogen-bond donors (Lipinski definition) is 0. The van der Waals surface area contributed by atoms with Crippen LogP contribution in [0.15, 0.2) is 0 Å². The molecule has 5 atom stereocenters. The molecular formula is C23H41N. The summed E-state index contributed by atoms with van der Waals surface area (Å²) in [6.45, 7) is 15.0. The summed E-state index contributed by atoms with van der Waals surface area (Å²) in [4.78, 5) is 0. The number of nitriles is 1. The third-order valence-corrected chi connectivity index (χ3v) is 8.04. The van der Waals surface area contributed by atoms with Gasteiger partial charge in [0.05, 0.1) is 6.07 Å². The minimum atomic E-state index is 0.490. The van der Waals surface area contributed by atoms with Crippen LogP contribution in [0, 0.1) is 51.8 Å². The van der Waals surface area contributed by atoms with Crippen molar-refractivity contribution in [3.05, 3.63) is 0 Å². The second kappa shape index (κ2) is 7.80. The molecule has 0 aromatic rings. The highest BCUT2D eigenvalue weighted by molar-refractivity contribution is 5.05. The van der Waals surface area contributed by atoms with E-state index >= 15 is 0 Å². The zero-order valence-electron chi connectivity index (χ0n) is 17.2. The number of rotatable bonds is 7. The van der Waals surface area contributed by atoms with Crippen molar-refractivity contribution in [2.45, 2.75) is 99.3 Å². The molecule has 0 heterocycles. The average molecular weight is 332 g/mol. The lowest BCUT2D eigenvalue weighted by Gasteiger charge is -2.55. The molecule has 138 valence electrons. The highest BCUT2D eigenvalue weighted by Gasteiger charge is 2.55. The van der Waals surface area contributed by atoms with Gasteiger partial charge in [0.25, 0.3) is 0 Å². The van der Waals surface area contributed by atoms with Gasteiger partial charge in [0.1, 0.15) is 0 Å². The molecule has 0 N–H and O–H groups in total. The Morgan fingerprint density at radius 1 is 1.21 bits per heavy atom. The standard InChI is InChI=1S/C23H41N/c1-7-14-22(4,5)19-13-15-23(6)18(10-8-9-16-24)11-12-20(23)21(19)17(2)3/h17-21H,7-15H2,1-6H3/t18-,19?,20?,21?,23+/m0/s1. The summed E-state index contributed by atoms with van der Waals surface area (Å²) in [5, 5.41) is 8.88. The van der Waals surface area contributed by atoms with Gasteiger partial charge in [-0.3, -0.25) is 0 Å². The van der Waals surface area contributed by atoms with Crippen molar-refractivity contribution < 1.29 is 0 Å². The molecule has 0 saturated heterocycles. The molecule has 0 spiro atoms. The van der Waals surface area contributed by atoms with Crippen molar-refractivity contribution >= 4 is 0 Å². The largest absolute Gasteiger partial charge is 0.198 e. The zero-order valence-corrected chi connectivity index (χ0v) is 17.2. The van der Waals surface area contributed by atoms with Gasteiger partial charge in [-0.05, 0) is 85.4 Å². The molecule has 1 heteroatoms. The van der Waals surface area contributed by atoms with E-state index in [9.17, 15) is 0 Å². The van der Waals surface area contributed by atoms with Gasteiger partial charge >= 0.3 is 0 Å². The molecule has 1 nitrogen and oxygen atoms in total. The van der Waals surface area contributed by atoms with Crippen LogP contribution in [-0.4, -0.2) is 0 Å². The maximum absolute atomic E-state index is 8.88. The molecule has 0 bridgehead atoms. The third-order valence-electron chi connectivity index (χ3n) is 8.04. The Labute approximate surface area is 151 Å². The molecule has 2 rings (SSSR count). The molecule has 0 aromatic heterocycles. The predicted molar refractivity (Wildman–Crippen MR) is 104 cm³/mol. The van der Waals surface area contributed by atoms with E-state index in [1.54, 1.807) is 0 Å². The molecule has 2 saturated carbocycles. The van der Waals surface area contributed by atoms with Gasteiger partial charge in [-0.25, -0.2) is 0 Å². The second-order valence-corrected chi connectivity index (χ2v) is 10.1. The first-order valence-corrected chi connectivity index (χ1v) is 10.6. The monoisotopic (exact) mass is 331 g/mol. The van der Waals surface area contributed by atoms with E-state index in [1.807, 2.05) is 0 Å². The van der Waals surface area contributed by atoms with Gasteiger partial charge in [0, 0.05) is 6.42 Å². The van der Waals surface area contributed by atoms with Gasteiger partial charge in [0.15, 0.2) is 0 Å². The topological polar surface area (TPSA) is 23.8 Å². The number of fused-ring (bicyclic) bond motifs is 1. The first kappa shape index (κ1) is 19.8. The van der Waals surface area contributed by atoms with Gasteiger partial charge in [-0.2, -0.15) is 5.26 Å². The molecule has 0 amide bonds. The minimum Gasteiger partial charge on any atom is -0.198 e. The molecule has 0 radical (unpaired) electrons.